The number of alkyl halides is 3. The van der Waals surface area contributed by atoms with Crippen molar-refractivity contribution in [3.05, 3.63) is 35.7 Å². The van der Waals surface area contributed by atoms with E-state index >= 15 is 0 Å². The molecule has 21 heavy (non-hydrogen) atoms. The highest BCUT2D eigenvalue weighted by atomic mass is 19.4. The van der Waals surface area contributed by atoms with E-state index in [9.17, 15) is 22.0 Å². The molecule has 0 fully saturated rings. The Morgan fingerprint density at radius 2 is 1.95 bits per heavy atom. The molecule has 0 radical (unpaired) electrons. The summed E-state index contributed by atoms with van der Waals surface area (Å²) in [6.07, 6.45) is -2.79. The lowest BCUT2D eigenvalue weighted by Crippen LogP contribution is -2.10. The number of anilines is 1. The first-order chi connectivity index (χ1) is 9.82. The number of halogens is 5. The Hall–Kier alpha value is -2.19. The van der Waals surface area contributed by atoms with Gasteiger partial charge in [-0.3, -0.25) is 0 Å². The fourth-order valence-corrected chi connectivity index (χ4v) is 1.57. The molecule has 1 N–H and O–H groups in total. The van der Waals surface area contributed by atoms with Gasteiger partial charge in [-0.15, -0.1) is 0 Å². The molecule has 9 heteroatoms. The zero-order valence-electron chi connectivity index (χ0n) is 10.9. The summed E-state index contributed by atoms with van der Waals surface area (Å²) in [5.41, 5.74) is -1.05. The van der Waals surface area contributed by atoms with Crippen molar-refractivity contribution in [2.75, 3.05) is 11.9 Å². The first-order valence-corrected chi connectivity index (χ1v) is 6.05. The molecule has 0 spiro atoms. The molecule has 2 aromatic rings. The van der Waals surface area contributed by atoms with Gasteiger partial charge in [0.15, 0.2) is 23.3 Å². The number of hydrogen-bond donors (Lipinski definition) is 1. The maximum absolute atomic E-state index is 13.7. The molecule has 2 heterocycles. The summed E-state index contributed by atoms with van der Waals surface area (Å²) in [7, 11) is 0. The van der Waals surface area contributed by atoms with Crippen molar-refractivity contribution in [3.8, 4) is 5.82 Å². The van der Waals surface area contributed by atoms with Crippen LogP contribution >= 0.6 is 0 Å². The molecule has 0 atom stereocenters. The van der Waals surface area contributed by atoms with Gasteiger partial charge in [-0.05, 0) is 6.42 Å². The molecule has 114 valence electrons. The van der Waals surface area contributed by atoms with Gasteiger partial charge < -0.3 is 5.32 Å². The van der Waals surface area contributed by atoms with E-state index in [2.05, 4.69) is 15.4 Å². The number of nitrogens with one attached hydrogen (secondary N) is 1. The maximum atomic E-state index is 13.7. The van der Waals surface area contributed by atoms with E-state index < -0.39 is 29.2 Å². The quantitative estimate of drug-likeness (QED) is 0.881. The molecule has 2 rings (SSSR count). The van der Waals surface area contributed by atoms with Crippen molar-refractivity contribution >= 4 is 5.82 Å². The topological polar surface area (TPSA) is 42.7 Å². The van der Waals surface area contributed by atoms with Gasteiger partial charge in [-0.1, -0.05) is 6.92 Å². The molecule has 0 aliphatic rings. The van der Waals surface area contributed by atoms with Crippen LogP contribution in [-0.2, 0) is 6.18 Å². The van der Waals surface area contributed by atoms with Crippen LogP contribution < -0.4 is 5.32 Å². The summed E-state index contributed by atoms with van der Waals surface area (Å²) in [5, 5.41) is 6.03. The summed E-state index contributed by atoms with van der Waals surface area (Å²) >= 11 is 0. The molecule has 0 aliphatic carbocycles. The normalized spacial score (nSPS) is 11.7. The highest BCUT2D eigenvalue weighted by molar-refractivity contribution is 5.42. The largest absolute Gasteiger partial charge is 0.419 e. The van der Waals surface area contributed by atoms with Gasteiger partial charge in [0.25, 0.3) is 0 Å². The van der Waals surface area contributed by atoms with E-state index in [1.807, 2.05) is 6.92 Å². The van der Waals surface area contributed by atoms with Crippen molar-refractivity contribution in [3.63, 3.8) is 0 Å². The Morgan fingerprint density at radius 3 is 2.52 bits per heavy atom. The van der Waals surface area contributed by atoms with Crippen LogP contribution in [0.2, 0.25) is 0 Å². The van der Waals surface area contributed by atoms with Crippen molar-refractivity contribution in [1.82, 2.24) is 14.8 Å². The fraction of sp³-hybridized carbons (Fsp3) is 0.333. The van der Waals surface area contributed by atoms with E-state index in [1.165, 1.54) is 0 Å². The fourth-order valence-electron chi connectivity index (χ4n) is 1.57. The number of pyridine rings is 1. The number of aromatic nitrogens is 3. The highest BCUT2D eigenvalue weighted by Crippen LogP contribution is 2.29. The molecule has 0 unspecified atom stereocenters. The number of hydrogen-bond acceptors (Lipinski definition) is 3. The highest BCUT2D eigenvalue weighted by Gasteiger charge is 2.32. The molecular formula is C12H11F5N4. The van der Waals surface area contributed by atoms with Crippen LogP contribution in [0.1, 0.15) is 18.9 Å². The van der Waals surface area contributed by atoms with Gasteiger partial charge >= 0.3 is 6.18 Å². The molecule has 0 amide bonds. The minimum Gasteiger partial charge on any atom is -0.368 e. The monoisotopic (exact) mass is 306 g/mol. The lowest BCUT2D eigenvalue weighted by atomic mass is 10.3. The van der Waals surface area contributed by atoms with E-state index in [1.54, 1.807) is 0 Å². The third kappa shape index (κ3) is 3.29. The molecular weight excluding hydrogens is 295 g/mol. The standard InChI is InChI=1S/C12H11F5N4/c1-2-3-18-10-8(13)4-9(14)11(20-10)21-6-7(5-19-21)12(15,16)17/h4-6H,2-3H2,1H3,(H,18,20). The summed E-state index contributed by atoms with van der Waals surface area (Å²) in [6, 6.07) is 0.551. The lowest BCUT2D eigenvalue weighted by molar-refractivity contribution is -0.137. The summed E-state index contributed by atoms with van der Waals surface area (Å²) in [5.74, 6) is -2.78. The first kappa shape index (κ1) is 15.2. The van der Waals surface area contributed by atoms with Crippen LogP contribution in [0.4, 0.5) is 27.8 Å². The Kier molecular flexibility index (Phi) is 4.10. The molecule has 4 nitrogen and oxygen atoms in total. The van der Waals surface area contributed by atoms with E-state index in [-0.39, 0.29) is 5.82 Å². The van der Waals surface area contributed by atoms with Crippen LogP contribution in [0.15, 0.2) is 18.5 Å². The number of rotatable bonds is 4. The minimum atomic E-state index is -4.60. The third-order valence-electron chi connectivity index (χ3n) is 2.58. The Bertz CT molecular complexity index is 635. The third-order valence-corrected chi connectivity index (χ3v) is 2.58. The van der Waals surface area contributed by atoms with E-state index in [4.69, 9.17) is 0 Å². The molecule has 0 saturated carbocycles. The van der Waals surface area contributed by atoms with Gasteiger partial charge in [0.2, 0.25) is 0 Å². The predicted molar refractivity (Wildman–Crippen MR) is 65.1 cm³/mol. The lowest BCUT2D eigenvalue weighted by Gasteiger charge is -2.09. The average molecular weight is 306 g/mol. The van der Waals surface area contributed by atoms with Crippen LogP contribution in [0, 0.1) is 11.6 Å². The van der Waals surface area contributed by atoms with Gasteiger partial charge in [0.05, 0.1) is 11.8 Å². The van der Waals surface area contributed by atoms with Crippen LogP contribution in [-0.4, -0.2) is 21.3 Å². The van der Waals surface area contributed by atoms with Gasteiger partial charge in [0, 0.05) is 18.8 Å². The Morgan fingerprint density at radius 1 is 1.24 bits per heavy atom. The van der Waals surface area contributed by atoms with Crippen LogP contribution in [0.3, 0.4) is 0 Å². The predicted octanol–water partition coefficient (Wildman–Crippen LogP) is 3.39. The second-order valence-electron chi connectivity index (χ2n) is 4.22. The van der Waals surface area contributed by atoms with Gasteiger partial charge in [-0.25, -0.2) is 18.4 Å². The Labute approximate surface area is 116 Å². The summed E-state index contributed by atoms with van der Waals surface area (Å²) in [6.45, 7) is 2.22. The molecule has 0 saturated heterocycles. The van der Waals surface area contributed by atoms with Gasteiger partial charge in [0.1, 0.15) is 0 Å². The summed E-state index contributed by atoms with van der Waals surface area (Å²) in [4.78, 5) is 3.65. The van der Waals surface area contributed by atoms with Crippen molar-refractivity contribution < 1.29 is 22.0 Å². The van der Waals surface area contributed by atoms with Crippen molar-refractivity contribution in [2.24, 2.45) is 0 Å². The Balaban J connectivity index is 2.41. The minimum absolute atomic E-state index is 0.239. The average Bonchev–Trinajstić information content (AvgIpc) is 2.87. The summed E-state index contributed by atoms with van der Waals surface area (Å²) < 4.78 is 65.2. The molecule has 0 aliphatic heterocycles. The van der Waals surface area contributed by atoms with Crippen LogP contribution in [0.5, 0.6) is 0 Å². The zero-order chi connectivity index (χ0) is 15.6. The maximum Gasteiger partial charge on any atom is 0.419 e. The second-order valence-corrected chi connectivity index (χ2v) is 4.22. The smallest absolute Gasteiger partial charge is 0.368 e. The SMILES string of the molecule is CCCNc1nc(-n2cc(C(F)(F)F)cn2)c(F)cc1F. The number of nitrogens with zero attached hydrogens (tertiary/aromatic N) is 3. The van der Waals surface area contributed by atoms with E-state index in [0.29, 0.717) is 36.1 Å². The second kappa shape index (κ2) is 5.66. The molecule has 0 bridgehead atoms. The van der Waals surface area contributed by atoms with Gasteiger partial charge in [-0.2, -0.15) is 18.3 Å². The molecule has 0 aromatic carbocycles. The van der Waals surface area contributed by atoms with Crippen molar-refractivity contribution in [1.29, 1.82) is 0 Å². The first-order valence-electron chi connectivity index (χ1n) is 6.05. The molecule has 2 aromatic heterocycles. The van der Waals surface area contributed by atoms with Crippen LogP contribution in [0.25, 0.3) is 5.82 Å². The zero-order valence-corrected chi connectivity index (χ0v) is 10.9. The van der Waals surface area contributed by atoms with E-state index in [0.717, 1.165) is 0 Å². The van der Waals surface area contributed by atoms with Crippen molar-refractivity contribution in [2.45, 2.75) is 19.5 Å².